The lowest BCUT2D eigenvalue weighted by atomic mass is 10.0. The summed E-state index contributed by atoms with van der Waals surface area (Å²) in [7, 11) is 0. The van der Waals surface area contributed by atoms with E-state index in [-0.39, 0.29) is 0 Å². The summed E-state index contributed by atoms with van der Waals surface area (Å²) < 4.78 is 0. The second-order valence-electron chi connectivity index (χ2n) is 10.6. The number of aryl methyl sites for hydroxylation is 3. The molecular weight excluding hydrogens is 412 g/mol. The Hall–Kier alpha value is -0.920. The first-order valence-corrected chi connectivity index (χ1v) is 15.4. The number of nitrogens with zero attached hydrogens (tertiary/aromatic N) is 2. The zero-order chi connectivity index (χ0) is 24.5. The fourth-order valence-corrected chi connectivity index (χ4v) is 4.85. The number of hydrogen-bond acceptors (Lipinski definition) is 2. The molecule has 197 valence electrons. The van der Waals surface area contributed by atoms with Crippen LogP contribution in [0.1, 0.15) is 172 Å². The second kappa shape index (κ2) is 23.8. The molecule has 0 aliphatic heterocycles. The molecule has 1 rings (SSSR count). The van der Waals surface area contributed by atoms with Crippen LogP contribution in [0.3, 0.4) is 0 Å². The highest BCUT2D eigenvalue weighted by molar-refractivity contribution is 5.12. The van der Waals surface area contributed by atoms with Crippen molar-refractivity contribution in [2.24, 2.45) is 0 Å². The van der Waals surface area contributed by atoms with Crippen molar-refractivity contribution >= 4 is 0 Å². The topological polar surface area (TPSA) is 25.8 Å². The average Bonchev–Trinajstić information content (AvgIpc) is 2.85. The summed E-state index contributed by atoms with van der Waals surface area (Å²) in [6.45, 7) is 8.59. The maximum atomic E-state index is 4.91. The van der Waals surface area contributed by atoms with Crippen molar-refractivity contribution in [1.82, 2.24) is 9.97 Å². The third kappa shape index (κ3) is 18.4. The van der Waals surface area contributed by atoms with Crippen molar-refractivity contribution < 1.29 is 0 Å². The van der Waals surface area contributed by atoms with Crippen LogP contribution in [0.4, 0.5) is 0 Å². The number of aromatic nitrogens is 2. The molecule has 0 aromatic carbocycles. The predicted octanol–water partition coefficient (Wildman–Crippen LogP) is 10.6. The lowest BCUT2D eigenvalue weighted by Gasteiger charge is -2.09. The molecule has 0 aliphatic rings. The molecule has 1 aromatic heterocycles. The van der Waals surface area contributed by atoms with Gasteiger partial charge in [-0.25, -0.2) is 9.97 Å². The van der Waals surface area contributed by atoms with Crippen LogP contribution in [0.5, 0.6) is 0 Å². The first-order valence-electron chi connectivity index (χ1n) is 15.4. The third-order valence-electron chi connectivity index (χ3n) is 7.10. The SMILES string of the molecule is [CH2]CCCc1nc(CCCCCCCCCCCC)cc(CCCCCCCCCCCC)n1. The van der Waals surface area contributed by atoms with Gasteiger partial charge in [0, 0.05) is 17.8 Å². The van der Waals surface area contributed by atoms with Crippen LogP contribution < -0.4 is 0 Å². The highest BCUT2D eigenvalue weighted by Gasteiger charge is 2.06. The predicted molar refractivity (Wildman–Crippen MR) is 151 cm³/mol. The molecule has 0 fully saturated rings. The van der Waals surface area contributed by atoms with Crippen LogP contribution >= 0.6 is 0 Å². The van der Waals surface area contributed by atoms with Crippen LogP contribution in [0.25, 0.3) is 0 Å². The Bertz CT molecular complexity index is 512. The largest absolute Gasteiger partial charge is 0.238 e. The quantitative estimate of drug-likeness (QED) is 0.132. The Kier molecular flexibility index (Phi) is 21.8. The highest BCUT2D eigenvalue weighted by Crippen LogP contribution is 2.15. The van der Waals surface area contributed by atoms with Gasteiger partial charge in [0.1, 0.15) is 5.82 Å². The lowest BCUT2D eigenvalue weighted by molar-refractivity contribution is 0.553. The van der Waals surface area contributed by atoms with Crippen LogP contribution in [0.15, 0.2) is 6.07 Å². The molecule has 0 saturated heterocycles. The number of unbranched alkanes of at least 4 members (excludes halogenated alkanes) is 19. The van der Waals surface area contributed by atoms with Crippen LogP contribution in [-0.4, -0.2) is 9.97 Å². The Morgan fingerprint density at radius 1 is 0.471 bits per heavy atom. The van der Waals surface area contributed by atoms with Gasteiger partial charge in [0.05, 0.1) is 0 Å². The highest BCUT2D eigenvalue weighted by atomic mass is 14.9. The van der Waals surface area contributed by atoms with Crippen molar-refractivity contribution in [3.8, 4) is 0 Å². The van der Waals surface area contributed by atoms with E-state index in [9.17, 15) is 0 Å². The monoisotopic (exact) mass is 471 g/mol. The average molecular weight is 472 g/mol. The molecule has 0 bridgehead atoms. The van der Waals surface area contributed by atoms with Crippen LogP contribution in [0.2, 0.25) is 0 Å². The molecule has 34 heavy (non-hydrogen) atoms. The maximum absolute atomic E-state index is 4.91. The van der Waals surface area contributed by atoms with E-state index in [1.54, 1.807) is 0 Å². The number of rotatable bonds is 25. The normalized spacial score (nSPS) is 11.4. The summed E-state index contributed by atoms with van der Waals surface area (Å²) in [4.78, 5) is 9.81. The molecule has 0 atom stereocenters. The zero-order valence-electron chi connectivity index (χ0n) is 23.4. The van der Waals surface area contributed by atoms with Gasteiger partial charge in [-0.1, -0.05) is 143 Å². The molecule has 0 spiro atoms. The zero-order valence-corrected chi connectivity index (χ0v) is 23.4. The van der Waals surface area contributed by atoms with Crippen molar-refractivity contribution in [3.63, 3.8) is 0 Å². The lowest BCUT2D eigenvalue weighted by Crippen LogP contribution is -2.04. The summed E-state index contributed by atoms with van der Waals surface area (Å²) in [6.07, 6.45) is 33.1. The molecule has 0 unspecified atom stereocenters. The minimum atomic E-state index is 0.972. The van der Waals surface area contributed by atoms with E-state index in [1.807, 2.05) is 0 Å². The smallest absolute Gasteiger partial charge is 0.128 e. The van der Waals surface area contributed by atoms with E-state index in [0.29, 0.717) is 0 Å². The second-order valence-corrected chi connectivity index (χ2v) is 10.6. The fourth-order valence-electron chi connectivity index (χ4n) is 4.85. The first kappa shape index (κ1) is 31.1. The molecule has 0 N–H and O–H groups in total. The summed E-state index contributed by atoms with van der Waals surface area (Å²) >= 11 is 0. The van der Waals surface area contributed by atoms with Crippen LogP contribution in [-0.2, 0) is 19.3 Å². The Morgan fingerprint density at radius 3 is 1.18 bits per heavy atom. The summed E-state index contributed by atoms with van der Waals surface area (Å²) in [5, 5.41) is 0. The summed E-state index contributed by atoms with van der Waals surface area (Å²) in [5.41, 5.74) is 2.58. The summed E-state index contributed by atoms with van der Waals surface area (Å²) in [5.74, 6) is 1.07. The van der Waals surface area contributed by atoms with Crippen molar-refractivity contribution in [1.29, 1.82) is 0 Å². The van der Waals surface area contributed by atoms with Crippen molar-refractivity contribution in [2.75, 3.05) is 0 Å². The molecule has 0 amide bonds. The summed E-state index contributed by atoms with van der Waals surface area (Å²) in [6, 6.07) is 2.31. The molecule has 1 radical (unpaired) electrons. The van der Waals surface area contributed by atoms with Gasteiger partial charge in [0.2, 0.25) is 0 Å². The first-order chi connectivity index (χ1) is 16.8. The molecule has 2 heteroatoms. The van der Waals surface area contributed by atoms with Gasteiger partial charge in [-0.15, -0.1) is 0 Å². The maximum Gasteiger partial charge on any atom is 0.128 e. The van der Waals surface area contributed by atoms with E-state index < -0.39 is 0 Å². The van der Waals surface area contributed by atoms with Crippen molar-refractivity contribution in [2.45, 2.75) is 174 Å². The Morgan fingerprint density at radius 2 is 0.824 bits per heavy atom. The molecule has 1 heterocycles. The Labute approximate surface area is 214 Å². The van der Waals surface area contributed by atoms with Gasteiger partial charge in [-0.05, 0) is 38.2 Å². The van der Waals surface area contributed by atoms with E-state index in [0.717, 1.165) is 37.9 Å². The van der Waals surface area contributed by atoms with Gasteiger partial charge in [0.15, 0.2) is 0 Å². The van der Waals surface area contributed by atoms with E-state index >= 15 is 0 Å². The minimum absolute atomic E-state index is 0.972. The molecule has 0 saturated carbocycles. The Balaban J connectivity index is 2.24. The minimum Gasteiger partial charge on any atom is -0.238 e. The van der Waals surface area contributed by atoms with Gasteiger partial charge in [-0.3, -0.25) is 0 Å². The molecule has 0 aliphatic carbocycles. The standard InChI is InChI=1S/C32H59N2/c1-4-7-10-12-14-16-18-20-22-24-26-30-29-31(34-32(33-30)28-9-6-3)27-25-23-21-19-17-15-13-11-8-5-2/h29H,3-28H2,1-2H3. The molecule has 2 nitrogen and oxygen atoms in total. The molecule has 1 aromatic rings. The number of hydrogen-bond donors (Lipinski definition) is 0. The fraction of sp³-hybridized carbons (Fsp3) is 0.844. The molecular formula is C32H59N2. The third-order valence-corrected chi connectivity index (χ3v) is 7.10. The van der Waals surface area contributed by atoms with Crippen molar-refractivity contribution in [3.05, 3.63) is 30.2 Å². The van der Waals surface area contributed by atoms with Gasteiger partial charge in [-0.2, -0.15) is 0 Å². The van der Waals surface area contributed by atoms with E-state index in [1.165, 1.54) is 140 Å². The van der Waals surface area contributed by atoms with Gasteiger partial charge >= 0.3 is 0 Å². The van der Waals surface area contributed by atoms with Crippen LogP contribution in [0, 0.1) is 6.92 Å². The van der Waals surface area contributed by atoms with E-state index in [4.69, 9.17) is 9.97 Å². The van der Waals surface area contributed by atoms with Gasteiger partial charge < -0.3 is 0 Å². The van der Waals surface area contributed by atoms with Gasteiger partial charge in [0.25, 0.3) is 0 Å². The van der Waals surface area contributed by atoms with E-state index in [2.05, 4.69) is 26.8 Å².